The summed E-state index contributed by atoms with van der Waals surface area (Å²) in [6.07, 6.45) is 0.878. The third-order valence-electron chi connectivity index (χ3n) is 4.46. The molecule has 3 rings (SSSR count). The highest BCUT2D eigenvalue weighted by Gasteiger charge is 2.39. The maximum atomic E-state index is 13.1. The summed E-state index contributed by atoms with van der Waals surface area (Å²) >= 11 is 12.4. The number of anilines is 1. The second-order valence-electron chi connectivity index (χ2n) is 6.63. The Bertz CT molecular complexity index is 991. The van der Waals surface area contributed by atoms with Gasteiger partial charge in [0.1, 0.15) is 11.4 Å². The summed E-state index contributed by atoms with van der Waals surface area (Å²) in [6.45, 7) is 2.97. The van der Waals surface area contributed by atoms with Crippen LogP contribution in [0.25, 0.3) is 5.57 Å². The van der Waals surface area contributed by atoms with Crippen molar-refractivity contribution in [2.24, 2.45) is 0 Å². The molecule has 8 heteroatoms. The number of nitrogens with one attached hydrogen (secondary N) is 1. The van der Waals surface area contributed by atoms with Gasteiger partial charge in [-0.25, -0.2) is 0 Å². The Morgan fingerprint density at radius 1 is 1.03 bits per heavy atom. The summed E-state index contributed by atoms with van der Waals surface area (Å²) in [6, 6.07) is 12.0. The second kappa shape index (κ2) is 9.98. The van der Waals surface area contributed by atoms with E-state index in [0.717, 1.165) is 11.3 Å². The molecule has 2 aromatic rings. The molecular formula is C22H22Cl2N2O4. The number of imide groups is 1. The smallest absolute Gasteiger partial charge is 0.278 e. The molecule has 1 aliphatic heterocycles. The number of halogens is 2. The van der Waals surface area contributed by atoms with Crippen molar-refractivity contribution in [1.82, 2.24) is 4.90 Å². The first kappa shape index (κ1) is 22.2. The van der Waals surface area contributed by atoms with Gasteiger partial charge >= 0.3 is 0 Å². The van der Waals surface area contributed by atoms with E-state index in [4.69, 9.17) is 32.7 Å². The minimum atomic E-state index is -0.446. The van der Waals surface area contributed by atoms with Crippen molar-refractivity contribution in [3.8, 4) is 5.75 Å². The number of amides is 2. The van der Waals surface area contributed by atoms with Crippen LogP contribution in [-0.2, 0) is 14.3 Å². The Hall–Kier alpha value is -2.54. The summed E-state index contributed by atoms with van der Waals surface area (Å²) in [7, 11) is 1.51. The number of carbonyl (C=O) groups excluding carboxylic acids is 2. The Labute approximate surface area is 185 Å². The minimum Gasteiger partial charge on any atom is -0.494 e. The molecule has 2 aromatic carbocycles. The average molecular weight is 449 g/mol. The molecular weight excluding hydrogens is 427 g/mol. The molecule has 0 unspecified atom stereocenters. The van der Waals surface area contributed by atoms with Gasteiger partial charge in [0.15, 0.2) is 0 Å². The van der Waals surface area contributed by atoms with Gasteiger partial charge < -0.3 is 14.8 Å². The van der Waals surface area contributed by atoms with Crippen LogP contribution in [0.2, 0.25) is 10.0 Å². The molecule has 0 aromatic heterocycles. The maximum absolute atomic E-state index is 13.1. The number of hydrogen-bond donors (Lipinski definition) is 1. The molecule has 158 valence electrons. The first-order chi connectivity index (χ1) is 14.5. The van der Waals surface area contributed by atoms with Gasteiger partial charge in [-0.2, -0.15) is 0 Å². The van der Waals surface area contributed by atoms with Gasteiger partial charge in [0.05, 0.1) is 30.4 Å². The van der Waals surface area contributed by atoms with E-state index in [1.54, 1.807) is 24.3 Å². The zero-order valence-corrected chi connectivity index (χ0v) is 18.2. The molecule has 0 fully saturated rings. The highest BCUT2D eigenvalue weighted by molar-refractivity contribution is 6.41. The third-order valence-corrected chi connectivity index (χ3v) is 5.01. The summed E-state index contributed by atoms with van der Waals surface area (Å²) < 4.78 is 10.7. The van der Waals surface area contributed by atoms with Gasteiger partial charge in [0.2, 0.25) is 0 Å². The largest absolute Gasteiger partial charge is 0.494 e. The lowest BCUT2D eigenvalue weighted by atomic mass is 10.0. The zero-order chi connectivity index (χ0) is 21.7. The Morgan fingerprint density at radius 2 is 1.83 bits per heavy atom. The first-order valence-corrected chi connectivity index (χ1v) is 10.3. The summed E-state index contributed by atoms with van der Waals surface area (Å²) in [4.78, 5) is 27.3. The third kappa shape index (κ3) is 4.78. The fourth-order valence-corrected chi connectivity index (χ4v) is 3.55. The van der Waals surface area contributed by atoms with Crippen LogP contribution in [0.4, 0.5) is 5.69 Å². The van der Waals surface area contributed by atoms with Crippen LogP contribution in [0.3, 0.4) is 0 Å². The lowest BCUT2D eigenvalue weighted by molar-refractivity contribution is -0.137. The van der Waals surface area contributed by atoms with E-state index in [0.29, 0.717) is 28.6 Å². The predicted molar refractivity (Wildman–Crippen MR) is 118 cm³/mol. The van der Waals surface area contributed by atoms with Crippen molar-refractivity contribution >= 4 is 46.3 Å². The van der Waals surface area contributed by atoms with Crippen LogP contribution in [0.1, 0.15) is 18.9 Å². The lowest BCUT2D eigenvalue weighted by Crippen LogP contribution is -2.35. The van der Waals surface area contributed by atoms with E-state index in [9.17, 15) is 9.59 Å². The number of benzene rings is 2. The Balaban J connectivity index is 2.02. The zero-order valence-electron chi connectivity index (χ0n) is 16.7. The molecule has 1 heterocycles. The molecule has 0 saturated heterocycles. The maximum Gasteiger partial charge on any atom is 0.278 e. The number of nitrogens with zero attached hydrogens (tertiary/aromatic N) is 1. The van der Waals surface area contributed by atoms with Gasteiger partial charge in [0.25, 0.3) is 11.8 Å². The van der Waals surface area contributed by atoms with Gasteiger partial charge in [0, 0.05) is 29.4 Å². The van der Waals surface area contributed by atoms with Crippen LogP contribution in [-0.4, -0.2) is 43.6 Å². The quantitative estimate of drug-likeness (QED) is 0.566. The van der Waals surface area contributed by atoms with Crippen LogP contribution in [0.15, 0.2) is 48.2 Å². The molecule has 1 aliphatic rings. The highest BCUT2D eigenvalue weighted by atomic mass is 35.5. The molecule has 0 saturated carbocycles. The van der Waals surface area contributed by atoms with Gasteiger partial charge in [-0.15, -0.1) is 0 Å². The Morgan fingerprint density at radius 3 is 2.53 bits per heavy atom. The fourth-order valence-electron chi connectivity index (χ4n) is 3.05. The van der Waals surface area contributed by atoms with E-state index in [1.165, 1.54) is 13.2 Å². The molecule has 30 heavy (non-hydrogen) atoms. The number of methoxy groups -OCH3 is 1. The van der Waals surface area contributed by atoms with Crippen LogP contribution < -0.4 is 10.1 Å². The van der Waals surface area contributed by atoms with E-state index >= 15 is 0 Å². The van der Waals surface area contributed by atoms with Crippen molar-refractivity contribution in [3.05, 3.63) is 63.8 Å². The molecule has 0 aliphatic carbocycles. The standard InChI is InChI=1S/C22H22Cl2N2O4/c1-3-10-30-16-6-4-5-15(13-16)25-20-19(17-8-7-14(23)12-18(17)24)21(27)26(22(20)28)9-11-29-2/h4-8,12-13,25H,3,9-11H2,1-2H3. The normalized spacial score (nSPS) is 13.9. The Kier molecular flexibility index (Phi) is 7.37. The molecule has 1 N–H and O–H groups in total. The lowest BCUT2D eigenvalue weighted by Gasteiger charge is -2.14. The average Bonchev–Trinajstić information content (AvgIpc) is 2.95. The van der Waals surface area contributed by atoms with Gasteiger partial charge in [-0.3, -0.25) is 14.5 Å². The monoisotopic (exact) mass is 448 g/mol. The molecule has 2 amide bonds. The highest BCUT2D eigenvalue weighted by Crippen LogP contribution is 2.35. The van der Waals surface area contributed by atoms with Crippen molar-refractivity contribution < 1.29 is 19.1 Å². The van der Waals surface area contributed by atoms with Crippen LogP contribution >= 0.6 is 23.2 Å². The molecule has 0 radical (unpaired) electrons. The van der Waals surface area contributed by atoms with Gasteiger partial charge in [-0.1, -0.05) is 42.3 Å². The SMILES string of the molecule is CCCOc1cccc(NC2=C(c3ccc(Cl)cc3Cl)C(=O)N(CCOC)C2=O)c1. The van der Waals surface area contributed by atoms with Crippen molar-refractivity contribution in [2.45, 2.75) is 13.3 Å². The topological polar surface area (TPSA) is 67.9 Å². The molecule has 0 atom stereocenters. The van der Waals surface area contributed by atoms with Crippen molar-refractivity contribution in [3.63, 3.8) is 0 Å². The van der Waals surface area contributed by atoms with E-state index in [1.807, 2.05) is 19.1 Å². The summed E-state index contributed by atoms with van der Waals surface area (Å²) in [5, 5.41) is 3.81. The summed E-state index contributed by atoms with van der Waals surface area (Å²) in [5.41, 5.74) is 1.39. The van der Waals surface area contributed by atoms with Crippen LogP contribution in [0, 0.1) is 0 Å². The van der Waals surface area contributed by atoms with Gasteiger partial charge in [-0.05, 0) is 30.7 Å². The number of hydrogen-bond acceptors (Lipinski definition) is 5. The molecule has 6 nitrogen and oxygen atoms in total. The van der Waals surface area contributed by atoms with E-state index < -0.39 is 11.8 Å². The van der Waals surface area contributed by atoms with E-state index in [-0.39, 0.29) is 29.4 Å². The fraction of sp³-hybridized carbons (Fsp3) is 0.273. The molecule has 0 spiro atoms. The van der Waals surface area contributed by atoms with Crippen LogP contribution in [0.5, 0.6) is 5.75 Å². The number of rotatable bonds is 9. The number of ether oxygens (including phenoxy) is 2. The van der Waals surface area contributed by atoms with Crippen molar-refractivity contribution in [1.29, 1.82) is 0 Å². The minimum absolute atomic E-state index is 0.133. The number of carbonyl (C=O) groups is 2. The predicted octanol–water partition coefficient (Wildman–Crippen LogP) is 4.62. The second-order valence-corrected chi connectivity index (χ2v) is 7.47. The van der Waals surface area contributed by atoms with E-state index in [2.05, 4.69) is 5.32 Å². The molecule has 0 bridgehead atoms. The summed E-state index contributed by atoms with van der Waals surface area (Å²) in [5.74, 6) is -0.221. The van der Waals surface area contributed by atoms with Crippen molar-refractivity contribution in [2.75, 3.05) is 32.2 Å². The first-order valence-electron chi connectivity index (χ1n) is 9.51.